The molecule has 2 N–H and O–H groups in total. The molecule has 2 aromatic rings. The zero-order valence-electron chi connectivity index (χ0n) is 12.9. The van der Waals surface area contributed by atoms with Gasteiger partial charge in [-0.3, -0.25) is 0 Å². The Labute approximate surface area is 135 Å². The van der Waals surface area contributed by atoms with E-state index >= 15 is 0 Å². The number of nitrogens with one attached hydrogen (secondary N) is 2. The number of thiocarbonyl (C=S) groups is 1. The first-order valence-corrected chi connectivity index (χ1v) is 8.04. The minimum Gasteiger partial charge on any atom is -0.376 e. The van der Waals surface area contributed by atoms with Gasteiger partial charge in [-0.05, 0) is 45.0 Å². The molecule has 22 heavy (non-hydrogen) atoms. The molecule has 0 aliphatic carbocycles. The summed E-state index contributed by atoms with van der Waals surface area (Å²) in [5.74, 6) is 0. The van der Waals surface area contributed by atoms with Gasteiger partial charge in [-0.2, -0.15) is 5.10 Å². The molecular weight excluding hydrogens is 298 g/mol. The Balaban J connectivity index is 1.62. The van der Waals surface area contributed by atoms with Crippen LogP contribution in [-0.2, 0) is 4.74 Å². The summed E-state index contributed by atoms with van der Waals surface area (Å²) >= 11 is 5.31. The van der Waals surface area contributed by atoms with Crippen molar-refractivity contribution in [1.82, 2.24) is 20.1 Å². The lowest BCUT2D eigenvalue weighted by Gasteiger charge is -2.14. The van der Waals surface area contributed by atoms with Gasteiger partial charge in [-0.1, -0.05) is 0 Å². The first-order chi connectivity index (χ1) is 10.6. The standard InChI is InChI=1S/C15H21N5OS/c1-10(2)20-14-11(7-18-20)6-12(8-16-14)19-15(22)17-9-13-4-3-5-21-13/h6-8,10,13H,3-5,9H2,1-2H3,(H2,17,19,22)/t13-/m0/s1. The number of anilines is 1. The van der Waals surface area contributed by atoms with Crippen molar-refractivity contribution >= 4 is 34.1 Å². The molecule has 0 saturated carbocycles. The molecule has 1 fully saturated rings. The van der Waals surface area contributed by atoms with Crippen molar-refractivity contribution in [3.63, 3.8) is 0 Å². The van der Waals surface area contributed by atoms with Crippen LogP contribution in [0.2, 0.25) is 0 Å². The molecule has 2 aromatic heterocycles. The minimum atomic E-state index is 0.268. The number of hydrogen-bond acceptors (Lipinski definition) is 4. The Kier molecular flexibility index (Phi) is 4.54. The molecule has 1 saturated heterocycles. The molecule has 0 bridgehead atoms. The van der Waals surface area contributed by atoms with Gasteiger partial charge in [0.15, 0.2) is 10.8 Å². The summed E-state index contributed by atoms with van der Waals surface area (Å²) in [4.78, 5) is 4.48. The van der Waals surface area contributed by atoms with Crippen LogP contribution in [0, 0.1) is 0 Å². The Morgan fingerprint density at radius 3 is 3.09 bits per heavy atom. The van der Waals surface area contributed by atoms with E-state index in [1.54, 1.807) is 6.20 Å². The predicted molar refractivity (Wildman–Crippen MR) is 91.1 cm³/mol. The third kappa shape index (κ3) is 3.36. The highest BCUT2D eigenvalue weighted by molar-refractivity contribution is 7.80. The predicted octanol–water partition coefficient (Wildman–Crippen LogP) is 2.48. The van der Waals surface area contributed by atoms with E-state index in [9.17, 15) is 0 Å². The summed E-state index contributed by atoms with van der Waals surface area (Å²) in [7, 11) is 0. The summed E-state index contributed by atoms with van der Waals surface area (Å²) in [6, 6.07) is 2.30. The topological polar surface area (TPSA) is 64.0 Å². The lowest BCUT2D eigenvalue weighted by molar-refractivity contribution is 0.114. The number of pyridine rings is 1. The molecule has 1 atom stereocenters. The first kappa shape index (κ1) is 15.2. The molecular formula is C15H21N5OS. The highest BCUT2D eigenvalue weighted by Crippen LogP contribution is 2.19. The Morgan fingerprint density at radius 1 is 1.50 bits per heavy atom. The molecule has 0 radical (unpaired) electrons. The summed E-state index contributed by atoms with van der Waals surface area (Å²) < 4.78 is 7.47. The molecule has 0 unspecified atom stereocenters. The lowest BCUT2D eigenvalue weighted by Crippen LogP contribution is -2.34. The highest BCUT2D eigenvalue weighted by atomic mass is 32.1. The Morgan fingerprint density at radius 2 is 2.36 bits per heavy atom. The van der Waals surface area contributed by atoms with E-state index in [4.69, 9.17) is 17.0 Å². The number of aromatic nitrogens is 3. The summed E-state index contributed by atoms with van der Waals surface area (Å²) in [5, 5.41) is 12.3. The minimum absolute atomic E-state index is 0.268. The van der Waals surface area contributed by atoms with E-state index in [0.717, 1.165) is 42.7 Å². The van der Waals surface area contributed by atoms with Crippen LogP contribution in [0.15, 0.2) is 18.5 Å². The normalized spacial score (nSPS) is 18.0. The maximum Gasteiger partial charge on any atom is 0.170 e. The second kappa shape index (κ2) is 6.58. The number of fused-ring (bicyclic) bond motifs is 1. The van der Waals surface area contributed by atoms with Crippen molar-refractivity contribution in [2.75, 3.05) is 18.5 Å². The molecule has 7 heteroatoms. The zero-order valence-corrected chi connectivity index (χ0v) is 13.7. The smallest absolute Gasteiger partial charge is 0.170 e. The fraction of sp³-hybridized carbons (Fsp3) is 0.533. The van der Waals surface area contributed by atoms with Gasteiger partial charge >= 0.3 is 0 Å². The van der Waals surface area contributed by atoms with Crippen molar-refractivity contribution in [1.29, 1.82) is 0 Å². The fourth-order valence-corrected chi connectivity index (χ4v) is 2.77. The number of nitrogens with zero attached hydrogens (tertiary/aromatic N) is 3. The molecule has 3 rings (SSSR count). The molecule has 0 aromatic carbocycles. The largest absolute Gasteiger partial charge is 0.376 e. The molecule has 118 valence electrons. The van der Waals surface area contributed by atoms with Crippen molar-refractivity contribution in [3.05, 3.63) is 18.5 Å². The van der Waals surface area contributed by atoms with Crippen LogP contribution in [0.1, 0.15) is 32.7 Å². The van der Waals surface area contributed by atoms with Crippen LogP contribution in [0.4, 0.5) is 5.69 Å². The number of rotatable bonds is 4. The van der Waals surface area contributed by atoms with Crippen LogP contribution < -0.4 is 10.6 Å². The zero-order chi connectivity index (χ0) is 15.5. The second-order valence-electron chi connectivity index (χ2n) is 5.79. The van der Waals surface area contributed by atoms with Crippen molar-refractivity contribution in [2.45, 2.75) is 38.8 Å². The maximum atomic E-state index is 5.56. The van der Waals surface area contributed by atoms with Crippen LogP contribution in [0.3, 0.4) is 0 Å². The Hall–Kier alpha value is -1.73. The van der Waals surface area contributed by atoms with Crippen molar-refractivity contribution in [3.8, 4) is 0 Å². The quantitative estimate of drug-likeness (QED) is 0.844. The summed E-state index contributed by atoms with van der Waals surface area (Å²) in [5.41, 5.74) is 1.75. The van der Waals surface area contributed by atoms with Gasteiger partial charge in [0, 0.05) is 24.6 Å². The van der Waals surface area contributed by atoms with Gasteiger partial charge in [-0.15, -0.1) is 0 Å². The van der Waals surface area contributed by atoms with E-state index in [-0.39, 0.29) is 12.1 Å². The van der Waals surface area contributed by atoms with Crippen molar-refractivity contribution in [2.24, 2.45) is 0 Å². The average Bonchev–Trinajstić information content (AvgIpc) is 3.14. The van der Waals surface area contributed by atoms with Crippen LogP contribution in [0.25, 0.3) is 11.0 Å². The monoisotopic (exact) mass is 319 g/mol. The van der Waals surface area contributed by atoms with Gasteiger partial charge in [0.25, 0.3) is 0 Å². The first-order valence-electron chi connectivity index (χ1n) is 7.63. The average molecular weight is 319 g/mol. The van der Waals surface area contributed by atoms with Crippen LogP contribution in [-0.4, -0.2) is 39.1 Å². The van der Waals surface area contributed by atoms with E-state index in [1.807, 2.05) is 16.9 Å². The van der Waals surface area contributed by atoms with Crippen molar-refractivity contribution < 1.29 is 4.74 Å². The number of hydrogen-bond donors (Lipinski definition) is 2. The third-order valence-electron chi connectivity index (χ3n) is 3.69. The van der Waals surface area contributed by atoms with Gasteiger partial charge in [0.1, 0.15) is 0 Å². The maximum absolute atomic E-state index is 5.56. The Bertz CT molecular complexity index is 663. The van der Waals surface area contributed by atoms with Gasteiger partial charge < -0.3 is 15.4 Å². The second-order valence-corrected chi connectivity index (χ2v) is 6.20. The molecule has 0 amide bonds. The molecule has 6 nitrogen and oxygen atoms in total. The third-order valence-corrected chi connectivity index (χ3v) is 3.94. The van der Waals surface area contributed by atoms with E-state index in [2.05, 4.69) is 34.6 Å². The fourth-order valence-electron chi connectivity index (χ4n) is 2.57. The molecule has 0 spiro atoms. The summed E-state index contributed by atoms with van der Waals surface area (Å²) in [6.45, 7) is 5.77. The number of ether oxygens (including phenoxy) is 1. The molecule has 3 heterocycles. The van der Waals surface area contributed by atoms with E-state index in [1.165, 1.54) is 0 Å². The lowest BCUT2D eigenvalue weighted by atomic mass is 10.2. The molecule has 1 aliphatic heterocycles. The van der Waals surface area contributed by atoms with E-state index in [0.29, 0.717) is 5.11 Å². The van der Waals surface area contributed by atoms with Gasteiger partial charge in [0.2, 0.25) is 0 Å². The van der Waals surface area contributed by atoms with Gasteiger partial charge in [-0.25, -0.2) is 9.67 Å². The van der Waals surface area contributed by atoms with Crippen LogP contribution in [0.5, 0.6) is 0 Å². The van der Waals surface area contributed by atoms with E-state index < -0.39 is 0 Å². The summed E-state index contributed by atoms with van der Waals surface area (Å²) in [6.07, 6.45) is 6.11. The van der Waals surface area contributed by atoms with Crippen LogP contribution >= 0.6 is 12.2 Å². The SMILES string of the molecule is CC(C)n1ncc2cc(NC(=S)NC[C@@H]3CCCO3)cnc21. The highest BCUT2D eigenvalue weighted by Gasteiger charge is 2.15. The molecule has 1 aliphatic rings. The van der Waals surface area contributed by atoms with Gasteiger partial charge in [0.05, 0.1) is 24.2 Å².